The van der Waals surface area contributed by atoms with Crippen molar-refractivity contribution in [2.75, 3.05) is 7.11 Å². The molecule has 0 fully saturated rings. The molecule has 0 radical (unpaired) electrons. The van der Waals surface area contributed by atoms with Crippen LogP contribution in [-0.2, 0) is 10.0 Å². The van der Waals surface area contributed by atoms with Gasteiger partial charge in [0.15, 0.2) is 11.5 Å². The van der Waals surface area contributed by atoms with Gasteiger partial charge in [-0.3, -0.25) is 0 Å². The largest absolute Gasteiger partial charge is 0.493 e. The van der Waals surface area contributed by atoms with Crippen LogP contribution < -0.4 is 14.3 Å². The summed E-state index contributed by atoms with van der Waals surface area (Å²) in [6, 6.07) is 10.4. The second-order valence-corrected chi connectivity index (χ2v) is 7.83. The normalized spacial score (nSPS) is 11.8. The Balaban J connectivity index is 2.17. The van der Waals surface area contributed by atoms with Gasteiger partial charge in [-0.15, -0.1) is 0 Å². The quantitative estimate of drug-likeness (QED) is 0.593. The maximum atomic E-state index is 12.4. The van der Waals surface area contributed by atoms with Crippen LogP contribution in [-0.4, -0.2) is 27.8 Å². The summed E-state index contributed by atoms with van der Waals surface area (Å²) in [5.41, 5.74) is 2.35. The highest BCUT2D eigenvalue weighted by Crippen LogP contribution is 2.28. The Morgan fingerprint density at radius 1 is 1.08 bits per heavy atom. The van der Waals surface area contributed by atoms with Gasteiger partial charge in [0.05, 0.1) is 24.3 Å². The fraction of sp³-hybridized carbons (Fsp3) is 0.316. The van der Waals surface area contributed by atoms with Crippen molar-refractivity contribution in [3.63, 3.8) is 0 Å². The van der Waals surface area contributed by atoms with E-state index in [1.54, 1.807) is 44.4 Å². The minimum atomic E-state index is -3.72. The molecule has 0 unspecified atom stereocenters. The summed E-state index contributed by atoms with van der Waals surface area (Å²) in [6.07, 6.45) is 1.44. The molecule has 0 bridgehead atoms. The molecule has 7 heteroatoms. The summed E-state index contributed by atoms with van der Waals surface area (Å²) in [7, 11) is -2.17. The number of methoxy groups -OCH3 is 1. The summed E-state index contributed by atoms with van der Waals surface area (Å²) in [5.74, 6) is 1.18. The van der Waals surface area contributed by atoms with Crippen LogP contribution >= 0.6 is 0 Å². The summed E-state index contributed by atoms with van der Waals surface area (Å²) >= 11 is 0. The third-order valence-corrected chi connectivity index (χ3v) is 4.94. The van der Waals surface area contributed by atoms with E-state index >= 15 is 0 Å². The Morgan fingerprint density at radius 2 is 1.81 bits per heavy atom. The van der Waals surface area contributed by atoms with Crippen LogP contribution in [0, 0.1) is 13.8 Å². The Bertz CT molecular complexity index is 906. The van der Waals surface area contributed by atoms with E-state index in [4.69, 9.17) is 9.47 Å². The highest BCUT2D eigenvalue weighted by atomic mass is 32.2. The van der Waals surface area contributed by atoms with Crippen molar-refractivity contribution in [1.82, 2.24) is 4.83 Å². The molecule has 0 amide bonds. The van der Waals surface area contributed by atoms with Gasteiger partial charge >= 0.3 is 0 Å². The number of hydrogen-bond acceptors (Lipinski definition) is 5. The van der Waals surface area contributed by atoms with Crippen molar-refractivity contribution >= 4 is 16.2 Å². The SMILES string of the molecule is COc1cc(/C=N/NS(=O)(=O)c2ccc(C)cc2C)ccc1OC(C)C. The zero-order valence-corrected chi connectivity index (χ0v) is 16.4. The average molecular weight is 376 g/mol. The number of rotatable bonds is 7. The summed E-state index contributed by atoms with van der Waals surface area (Å²) in [4.78, 5) is 2.44. The van der Waals surface area contributed by atoms with E-state index in [-0.39, 0.29) is 11.0 Å². The number of nitrogens with one attached hydrogen (secondary N) is 1. The lowest BCUT2D eigenvalue weighted by Crippen LogP contribution is -2.19. The predicted molar refractivity (Wildman–Crippen MR) is 103 cm³/mol. The summed E-state index contributed by atoms with van der Waals surface area (Å²) in [5, 5.41) is 3.86. The predicted octanol–water partition coefficient (Wildman–Crippen LogP) is 3.41. The van der Waals surface area contributed by atoms with E-state index in [0.29, 0.717) is 22.6 Å². The molecule has 0 atom stereocenters. The number of ether oxygens (including phenoxy) is 2. The van der Waals surface area contributed by atoms with Gasteiger partial charge in [-0.2, -0.15) is 13.5 Å². The summed E-state index contributed by atoms with van der Waals surface area (Å²) in [6.45, 7) is 7.52. The Morgan fingerprint density at radius 3 is 2.42 bits per heavy atom. The van der Waals surface area contributed by atoms with Crippen LogP contribution in [0.15, 0.2) is 46.4 Å². The minimum absolute atomic E-state index is 0.0213. The molecule has 0 aromatic heterocycles. The first-order valence-corrected chi connectivity index (χ1v) is 9.68. The van der Waals surface area contributed by atoms with Crippen molar-refractivity contribution in [3.8, 4) is 11.5 Å². The lowest BCUT2D eigenvalue weighted by Gasteiger charge is -2.13. The van der Waals surface area contributed by atoms with Crippen LogP contribution in [0.25, 0.3) is 0 Å². The molecule has 0 spiro atoms. The highest BCUT2D eigenvalue weighted by molar-refractivity contribution is 7.89. The third kappa shape index (κ3) is 4.98. The highest BCUT2D eigenvalue weighted by Gasteiger charge is 2.15. The van der Waals surface area contributed by atoms with Crippen LogP contribution in [0.2, 0.25) is 0 Å². The Kier molecular flexibility index (Phi) is 6.26. The molecule has 26 heavy (non-hydrogen) atoms. The monoisotopic (exact) mass is 376 g/mol. The van der Waals surface area contributed by atoms with Crippen molar-refractivity contribution in [2.45, 2.75) is 38.7 Å². The second kappa shape index (κ2) is 8.23. The van der Waals surface area contributed by atoms with Crippen molar-refractivity contribution in [1.29, 1.82) is 0 Å². The number of sulfonamides is 1. The van der Waals surface area contributed by atoms with Crippen LogP contribution in [0.4, 0.5) is 0 Å². The van der Waals surface area contributed by atoms with Crippen LogP contribution in [0.3, 0.4) is 0 Å². The van der Waals surface area contributed by atoms with Gasteiger partial charge in [0.1, 0.15) is 0 Å². The molecule has 0 heterocycles. The molecule has 6 nitrogen and oxygen atoms in total. The zero-order chi connectivity index (χ0) is 19.3. The van der Waals surface area contributed by atoms with E-state index in [1.807, 2.05) is 26.8 Å². The summed E-state index contributed by atoms with van der Waals surface area (Å²) < 4.78 is 35.7. The minimum Gasteiger partial charge on any atom is -0.493 e. The molecule has 2 aromatic rings. The van der Waals surface area contributed by atoms with Gasteiger partial charge in [-0.25, -0.2) is 4.83 Å². The van der Waals surface area contributed by atoms with Gasteiger partial charge in [-0.05, 0) is 63.1 Å². The molecule has 0 saturated carbocycles. The molecule has 140 valence electrons. The van der Waals surface area contributed by atoms with Gasteiger partial charge < -0.3 is 9.47 Å². The molecular weight excluding hydrogens is 352 g/mol. The lowest BCUT2D eigenvalue weighted by molar-refractivity contribution is 0.230. The first kappa shape index (κ1) is 19.8. The van der Waals surface area contributed by atoms with E-state index in [0.717, 1.165) is 5.56 Å². The number of aryl methyl sites for hydroxylation is 2. The maximum Gasteiger partial charge on any atom is 0.276 e. The van der Waals surface area contributed by atoms with Gasteiger partial charge in [0.2, 0.25) is 0 Å². The fourth-order valence-corrected chi connectivity index (χ4v) is 3.46. The molecule has 0 aliphatic heterocycles. The lowest BCUT2D eigenvalue weighted by atomic mass is 10.2. The average Bonchev–Trinajstić information content (AvgIpc) is 2.55. The molecular formula is C19H24N2O4S. The van der Waals surface area contributed by atoms with Gasteiger partial charge in [-0.1, -0.05) is 17.7 Å². The first-order valence-electron chi connectivity index (χ1n) is 8.20. The number of hydrogen-bond donors (Lipinski definition) is 1. The standard InChI is InChI=1S/C19H24N2O4S/c1-13(2)25-17-8-7-16(11-18(17)24-5)12-20-21-26(22,23)19-9-6-14(3)10-15(19)4/h6-13,21H,1-5H3/b20-12+. The van der Waals surface area contributed by atoms with Crippen molar-refractivity contribution < 1.29 is 17.9 Å². The fourth-order valence-electron chi connectivity index (χ4n) is 2.44. The zero-order valence-electron chi connectivity index (χ0n) is 15.6. The van der Waals surface area contributed by atoms with Crippen LogP contribution in [0.5, 0.6) is 11.5 Å². The molecule has 0 aliphatic carbocycles. The topological polar surface area (TPSA) is 77.0 Å². The molecule has 0 saturated heterocycles. The number of hydrazone groups is 1. The molecule has 2 aromatic carbocycles. The van der Waals surface area contributed by atoms with Crippen molar-refractivity contribution in [3.05, 3.63) is 53.1 Å². The Labute approximate surface area is 154 Å². The van der Waals surface area contributed by atoms with E-state index in [9.17, 15) is 8.42 Å². The molecule has 1 N–H and O–H groups in total. The second-order valence-electron chi connectivity index (χ2n) is 6.20. The van der Waals surface area contributed by atoms with E-state index in [2.05, 4.69) is 9.93 Å². The van der Waals surface area contributed by atoms with Crippen molar-refractivity contribution in [2.24, 2.45) is 5.10 Å². The number of nitrogens with zero attached hydrogens (tertiary/aromatic N) is 1. The number of benzene rings is 2. The van der Waals surface area contributed by atoms with Crippen LogP contribution in [0.1, 0.15) is 30.5 Å². The smallest absolute Gasteiger partial charge is 0.276 e. The van der Waals surface area contributed by atoms with Gasteiger partial charge in [0.25, 0.3) is 10.0 Å². The first-order chi connectivity index (χ1) is 12.2. The van der Waals surface area contributed by atoms with E-state index in [1.165, 1.54) is 6.21 Å². The van der Waals surface area contributed by atoms with Gasteiger partial charge in [0, 0.05) is 0 Å². The molecule has 2 rings (SSSR count). The van der Waals surface area contributed by atoms with E-state index < -0.39 is 10.0 Å². The third-order valence-electron chi connectivity index (χ3n) is 3.56. The molecule has 0 aliphatic rings. The maximum absolute atomic E-state index is 12.4. The Hall–Kier alpha value is -2.54.